The third-order valence-corrected chi connectivity index (χ3v) is 5.88. The summed E-state index contributed by atoms with van der Waals surface area (Å²) < 4.78 is 5.64. The largest absolute Gasteiger partial charge is 0.491 e. The van der Waals surface area contributed by atoms with Crippen molar-refractivity contribution in [1.82, 2.24) is 15.1 Å². The first-order valence-electron chi connectivity index (χ1n) is 9.85. The Morgan fingerprint density at radius 3 is 2.52 bits per heavy atom. The molecule has 156 valence electrons. The topological polar surface area (TPSA) is 44.8 Å². The minimum absolute atomic E-state index is 0.0499. The minimum Gasteiger partial charge on any atom is -0.491 e. The molecule has 3 rings (SSSR count). The van der Waals surface area contributed by atoms with E-state index >= 15 is 0 Å². The molecule has 7 heteroatoms. The zero-order chi connectivity index (χ0) is 20.6. The summed E-state index contributed by atoms with van der Waals surface area (Å²) in [4.78, 5) is 17.3. The molecule has 0 bridgehead atoms. The van der Waals surface area contributed by atoms with Gasteiger partial charge in [0.2, 0.25) is 5.91 Å². The lowest BCUT2D eigenvalue weighted by Gasteiger charge is -2.35. The average molecular weight is 436 g/mol. The Bertz CT molecular complexity index is 796. The smallest absolute Gasteiger partial charge is 0.223 e. The predicted molar refractivity (Wildman–Crippen MR) is 118 cm³/mol. The number of ether oxygens (including phenoxy) is 1. The van der Waals surface area contributed by atoms with Crippen LogP contribution in [0, 0.1) is 0 Å². The van der Waals surface area contributed by atoms with Gasteiger partial charge >= 0.3 is 0 Å². The molecule has 1 aliphatic rings. The van der Waals surface area contributed by atoms with Crippen molar-refractivity contribution in [3.63, 3.8) is 0 Å². The molecule has 0 aliphatic carbocycles. The Morgan fingerprint density at radius 2 is 1.79 bits per heavy atom. The SMILES string of the molecule is CN1CCN(CC(NC(=O)CCOc2cccc(Cl)c2Cl)c2ccccc2)CC1. The van der Waals surface area contributed by atoms with Crippen LogP contribution in [-0.4, -0.2) is 62.1 Å². The van der Waals surface area contributed by atoms with Crippen molar-refractivity contribution in [3.8, 4) is 5.75 Å². The van der Waals surface area contributed by atoms with Crippen LogP contribution in [0.25, 0.3) is 0 Å². The summed E-state index contributed by atoms with van der Waals surface area (Å²) >= 11 is 12.1. The van der Waals surface area contributed by atoms with Crippen LogP contribution in [0.4, 0.5) is 0 Å². The van der Waals surface area contributed by atoms with Crippen molar-refractivity contribution in [2.45, 2.75) is 12.5 Å². The number of amides is 1. The van der Waals surface area contributed by atoms with Crippen LogP contribution >= 0.6 is 23.2 Å². The zero-order valence-electron chi connectivity index (χ0n) is 16.6. The first-order valence-corrected chi connectivity index (χ1v) is 10.6. The summed E-state index contributed by atoms with van der Waals surface area (Å²) in [5.74, 6) is 0.440. The second-order valence-corrected chi connectivity index (χ2v) is 8.07. The van der Waals surface area contributed by atoms with Crippen molar-refractivity contribution in [2.24, 2.45) is 0 Å². The Morgan fingerprint density at radius 1 is 1.07 bits per heavy atom. The van der Waals surface area contributed by atoms with E-state index in [1.165, 1.54) is 0 Å². The molecule has 0 aromatic heterocycles. The van der Waals surface area contributed by atoms with Crippen molar-refractivity contribution in [2.75, 3.05) is 46.4 Å². The maximum Gasteiger partial charge on any atom is 0.223 e. The van der Waals surface area contributed by atoms with Gasteiger partial charge in [-0.3, -0.25) is 9.69 Å². The number of carbonyl (C=O) groups is 1. The number of nitrogens with one attached hydrogen (secondary N) is 1. The molecule has 1 N–H and O–H groups in total. The maximum atomic E-state index is 12.6. The zero-order valence-corrected chi connectivity index (χ0v) is 18.1. The molecule has 29 heavy (non-hydrogen) atoms. The lowest BCUT2D eigenvalue weighted by molar-refractivity contribution is -0.122. The lowest BCUT2D eigenvalue weighted by atomic mass is 10.1. The van der Waals surface area contributed by atoms with Gasteiger partial charge in [0.05, 0.1) is 24.1 Å². The van der Waals surface area contributed by atoms with Gasteiger partial charge in [-0.2, -0.15) is 0 Å². The first kappa shape index (κ1) is 21.9. The van der Waals surface area contributed by atoms with Crippen LogP contribution in [0.1, 0.15) is 18.0 Å². The van der Waals surface area contributed by atoms with Crippen LogP contribution in [0.15, 0.2) is 48.5 Å². The number of piperazine rings is 1. The Labute approximate surface area is 182 Å². The lowest BCUT2D eigenvalue weighted by Crippen LogP contribution is -2.47. The van der Waals surface area contributed by atoms with Gasteiger partial charge in [0, 0.05) is 32.7 Å². The van der Waals surface area contributed by atoms with Crippen LogP contribution in [0.2, 0.25) is 10.0 Å². The third-order valence-electron chi connectivity index (χ3n) is 5.08. The van der Waals surface area contributed by atoms with Crippen molar-refractivity contribution >= 4 is 29.1 Å². The molecule has 1 saturated heterocycles. The van der Waals surface area contributed by atoms with Crippen LogP contribution in [0.5, 0.6) is 5.75 Å². The first-order chi connectivity index (χ1) is 14.0. The van der Waals surface area contributed by atoms with E-state index in [4.69, 9.17) is 27.9 Å². The minimum atomic E-state index is -0.0538. The van der Waals surface area contributed by atoms with Gasteiger partial charge < -0.3 is 15.0 Å². The Hall–Kier alpha value is -1.79. The highest BCUT2D eigenvalue weighted by Crippen LogP contribution is 2.31. The summed E-state index contributed by atoms with van der Waals surface area (Å²) in [7, 11) is 2.14. The number of likely N-dealkylation sites (N-methyl/N-ethyl adjacent to an activating group) is 1. The molecule has 1 amide bonds. The fourth-order valence-corrected chi connectivity index (χ4v) is 3.67. The van der Waals surface area contributed by atoms with E-state index in [9.17, 15) is 4.79 Å². The molecular weight excluding hydrogens is 409 g/mol. The molecule has 1 atom stereocenters. The average Bonchev–Trinajstić information content (AvgIpc) is 2.73. The van der Waals surface area contributed by atoms with Gasteiger partial charge in [-0.25, -0.2) is 0 Å². The second-order valence-electron chi connectivity index (χ2n) is 7.29. The van der Waals surface area contributed by atoms with Crippen LogP contribution in [-0.2, 0) is 4.79 Å². The monoisotopic (exact) mass is 435 g/mol. The number of benzene rings is 2. The van der Waals surface area contributed by atoms with Gasteiger partial charge in [0.15, 0.2) is 0 Å². The van der Waals surface area contributed by atoms with Gasteiger partial charge in [0.25, 0.3) is 0 Å². The Balaban J connectivity index is 1.55. The predicted octanol–water partition coefficient (Wildman–Crippen LogP) is 3.87. The van der Waals surface area contributed by atoms with Gasteiger partial charge in [-0.15, -0.1) is 0 Å². The molecule has 1 aliphatic heterocycles. The standard InChI is InChI=1S/C22H27Cl2N3O2/c1-26-11-13-27(14-12-26)16-19(17-6-3-2-4-7-17)25-21(28)10-15-29-20-9-5-8-18(23)22(20)24/h2-9,19H,10-16H2,1H3,(H,25,28). The number of carbonyl (C=O) groups excluding carboxylic acids is 1. The molecule has 1 unspecified atom stereocenters. The molecule has 1 heterocycles. The molecule has 1 fully saturated rings. The molecule has 0 radical (unpaired) electrons. The van der Waals surface area contributed by atoms with E-state index < -0.39 is 0 Å². The second kappa shape index (κ2) is 10.8. The van der Waals surface area contributed by atoms with Crippen LogP contribution < -0.4 is 10.1 Å². The summed E-state index contributed by atoms with van der Waals surface area (Å²) in [6.07, 6.45) is 0.245. The maximum absolute atomic E-state index is 12.6. The summed E-state index contributed by atoms with van der Waals surface area (Å²) in [6.45, 7) is 5.14. The summed E-state index contributed by atoms with van der Waals surface area (Å²) in [5.41, 5.74) is 1.11. The third kappa shape index (κ3) is 6.61. The van der Waals surface area contributed by atoms with E-state index in [1.54, 1.807) is 18.2 Å². The van der Waals surface area contributed by atoms with E-state index in [2.05, 4.69) is 34.3 Å². The molecule has 5 nitrogen and oxygen atoms in total. The molecule has 0 spiro atoms. The summed E-state index contributed by atoms with van der Waals surface area (Å²) in [5, 5.41) is 3.97. The fraction of sp³-hybridized carbons (Fsp3) is 0.409. The van der Waals surface area contributed by atoms with E-state index in [0.717, 1.165) is 38.3 Å². The molecule has 2 aromatic rings. The van der Waals surface area contributed by atoms with E-state index in [-0.39, 0.29) is 25.0 Å². The molecule has 2 aromatic carbocycles. The number of hydrogen-bond donors (Lipinski definition) is 1. The molecular formula is C22H27Cl2N3O2. The number of halogens is 2. The normalized spacial score (nSPS) is 16.4. The highest BCUT2D eigenvalue weighted by Gasteiger charge is 2.21. The number of rotatable bonds is 8. The van der Waals surface area contributed by atoms with Crippen molar-refractivity contribution in [3.05, 3.63) is 64.1 Å². The van der Waals surface area contributed by atoms with Crippen LogP contribution in [0.3, 0.4) is 0 Å². The van der Waals surface area contributed by atoms with Gasteiger partial charge in [-0.1, -0.05) is 59.6 Å². The summed E-state index contributed by atoms with van der Waals surface area (Å²) in [6, 6.07) is 15.3. The van der Waals surface area contributed by atoms with Crippen molar-refractivity contribution < 1.29 is 9.53 Å². The van der Waals surface area contributed by atoms with Gasteiger partial charge in [0.1, 0.15) is 10.8 Å². The van der Waals surface area contributed by atoms with Crippen molar-refractivity contribution in [1.29, 1.82) is 0 Å². The fourth-order valence-electron chi connectivity index (χ4n) is 3.32. The van der Waals surface area contributed by atoms with E-state index in [0.29, 0.717) is 15.8 Å². The Kier molecular flexibility index (Phi) is 8.19. The number of nitrogens with zero attached hydrogens (tertiary/aromatic N) is 2. The highest BCUT2D eigenvalue weighted by molar-refractivity contribution is 6.42. The number of hydrogen-bond acceptors (Lipinski definition) is 4. The quantitative estimate of drug-likeness (QED) is 0.683. The highest BCUT2D eigenvalue weighted by atomic mass is 35.5. The van der Waals surface area contributed by atoms with Gasteiger partial charge in [-0.05, 0) is 24.7 Å². The van der Waals surface area contributed by atoms with E-state index in [1.807, 2.05) is 18.2 Å². The molecule has 0 saturated carbocycles.